The van der Waals surface area contributed by atoms with E-state index in [2.05, 4.69) is 25.1 Å². The van der Waals surface area contributed by atoms with Crippen LogP contribution in [0.2, 0.25) is 0 Å². The van der Waals surface area contributed by atoms with E-state index in [4.69, 9.17) is 0 Å². The van der Waals surface area contributed by atoms with Crippen molar-refractivity contribution in [3.63, 3.8) is 0 Å². The van der Waals surface area contributed by atoms with Crippen LogP contribution in [0.15, 0.2) is 42.1 Å². The fraction of sp³-hybridized carbons (Fsp3) is 0.438. The van der Waals surface area contributed by atoms with E-state index in [1.165, 1.54) is 17.7 Å². The third kappa shape index (κ3) is 1.86. The Labute approximate surface area is 108 Å². The molecule has 1 heterocycles. The molecular weight excluding hydrogens is 222 g/mol. The lowest BCUT2D eigenvalue weighted by Gasteiger charge is -2.31. The molecule has 1 aliphatic heterocycles. The number of hydrogen-bond acceptors (Lipinski definition) is 1. The highest BCUT2D eigenvalue weighted by atomic mass is 16.2. The highest BCUT2D eigenvalue weighted by Gasteiger charge is 2.44. The Bertz CT molecular complexity index is 491. The number of likely N-dealkylation sites (tertiary alicyclic amines) is 1. The summed E-state index contributed by atoms with van der Waals surface area (Å²) in [5.41, 5.74) is 2.58. The van der Waals surface area contributed by atoms with Crippen LogP contribution in [0.4, 0.5) is 0 Å². The van der Waals surface area contributed by atoms with E-state index in [-0.39, 0.29) is 11.3 Å². The Morgan fingerprint density at radius 3 is 2.83 bits per heavy atom. The number of amides is 1. The van der Waals surface area contributed by atoms with Crippen molar-refractivity contribution in [2.75, 3.05) is 0 Å². The number of hydrogen-bond donors (Lipinski definition) is 0. The molecule has 1 aliphatic carbocycles. The molecule has 0 saturated carbocycles. The molecule has 2 aliphatic rings. The Hall–Kier alpha value is -1.57. The minimum Gasteiger partial charge on any atom is -0.312 e. The zero-order valence-corrected chi connectivity index (χ0v) is 10.9. The van der Waals surface area contributed by atoms with Gasteiger partial charge in [-0.1, -0.05) is 43.3 Å². The molecular formula is C16H19NO. The summed E-state index contributed by atoms with van der Waals surface area (Å²) in [6.45, 7) is 2.96. The molecule has 1 aromatic carbocycles. The zero-order chi connectivity index (χ0) is 12.6. The maximum atomic E-state index is 12.2. The van der Waals surface area contributed by atoms with Crippen molar-refractivity contribution < 1.29 is 4.79 Å². The van der Waals surface area contributed by atoms with Gasteiger partial charge >= 0.3 is 0 Å². The lowest BCUT2D eigenvalue weighted by atomic mass is 9.77. The fourth-order valence-corrected chi connectivity index (χ4v) is 3.22. The number of allylic oxidation sites excluding steroid dienone is 2. The second-order valence-corrected chi connectivity index (χ2v) is 5.68. The van der Waals surface area contributed by atoms with Gasteiger partial charge in [0.15, 0.2) is 0 Å². The maximum absolute atomic E-state index is 12.2. The highest BCUT2D eigenvalue weighted by Crippen LogP contribution is 2.47. The van der Waals surface area contributed by atoms with E-state index >= 15 is 0 Å². The number of rotatable bonds is 2. The molecule has 1 atom stereocenters. The summed E-state index contributed by atoms with van der Waals surface area (Å²) in [6.07, 6.45) is 6.44. The molecule has 1 amide bonds. The molecule has 0 radical (unpaired) electrons. The second-order valence-electron chi connectivity index (χ2n) is 5.68. The SMILES string of the molecule is CC12CCCC=C1N(Cc1ccccc1)C(=O)C2. The van der Waals surface area contributed by atoms with Crippen LogP contribution in [0.5, 0.6) is 0 Å². The van der Waals surface area contributed by atoms with Gasteiger partial charge in [0.1, 0.15) is 0 Å². The van der Waals surface area contributed by atoms with Gasteiger partial charge in [0.05, 0.1) is 6.54 Å². The van der Waals surface area contributed by atoms with E-state index < -0.39 is 0 Å². The Morgan fingerprint density at radius 2 is 2.06 bits per heavy atom. The number of benzene rings is 1. The lowest BCUT2D eigenvalue weighted by Crippen LogP contribution is -2.26. The molecule has 1 saturated heterocycles. The molecule has 18 heavy (non-hydrogen) atoms. The Morgan fingerprint density at radius 1 is 1.28 bits per heavy atom. The van der Waals surface area contributed by atoms with Crippen molar-refractivity contribution in [3.8, 4) is 0 Å². The highest BCUT2D eigenvalue weighted by molar-refractivity contribution is 5.83. The quantitative estimate of drug-likeness (QED) is 0.776. The maximum Gasteiger partial charge on any atom is 0.227 e. The minimum atomic E-state index is 0.101. The fourth-order valence-electron chi connectivity index (χ4n) is 3.22. The number of fused-ring (bicyclic) bond motifs is 1. The molecule has 0 bridgehead atoms. The molecule has 1 fully saturated rings. The van der Waals surface area contributed by atoms with Gasteiger partial charge in [-0.2, -0.15) is 0 Å². The first kappa shape index (κ1) is 11.5. The average Bonchev–Trinajstić information content (AvgIpc) is 2.62. The molecule has 0 N–H and O–H groups in total. The van der Waals surface area contributed by atoms with Gasteiger partial charge in [0, 0.05) is 17.5 Å². The lowest BCUT2D eigenvalue weighted by molar-refractivity contribution is -0.127. The summed E-state index contributed by atoms with van der Waals surface area (Å²) in [7, 11) is 0. The van der Waals surface area contributed by atoms with E-state index in [0.717, 1.165) is 19.4 Å². The third-order valence-electron chi connectivity index (χ3n) is 4.21. The van der Waals surface area contributed by atoms with Gasteiger partial charge < -0.3 is 4.90 Å². The largest absolute Gasteiger partial charge is 0.312 e. The van der Waals surface area contributed by atoms with Crippen LogP contribution in [0.1, 0.15) is 38.2 Å². The first-order valence-electron chi connectivity index (χ1n) is 6.74. The molecule has 3 rings (SSSR count). The van der Waals surface area contributed by atoms with Crippen LogP contribution in [0.25, 0.3) is 0 Å². The monoisotopic (exact) mass is 241 g/mol. The molecule has 2 heteroatoms. The summed E-state index contributed by atoms with van der Waals surface area (Å²) >= 11 is 0. The van der Waals surface area contributed by atoms with Gasteiger partial charge in [0.2, 0.25) is 5.91 Å². The molecule has 2 nitrogen and oxygen atoms in total. The molecule has 94 valence electrons. The average molecular weight is 241 g/mol. The first-order valence-corrected chi connectivity index (χ1v) is 6.74. The van der Waals surface area contributed by atoms with Gasteiger partial charge in [-0.05, 0) is 24.8 Å². The van der Waals surface area contributed by atoms with Crippen molar-refractivity contribution in [1.29, 1.82) is 0 Å². The smallest absolute Gasteiger partial charge is 0.227 e. The van der Waals surface area contributed by atoms with Crippen LogP contribution in [-0.2, 0) is 11.3 Å². The van der Waals surface area contributed by atoms with Crippen molar-refractivity contribution >= 4 is 5.91 Å². The number of nitrogens with zero attached hydrogens (tertiary/aromatic N) is 1. The van der Waals surface area contributed by atoms with Gasteiger partial charge in [-0.15, -0.1) is 0 Å². The topological polar surface area (TPSA) is 20.3 Å². The first-order chi connectivity index (χ1) is 8.69. The van der Waals surface area contributed by atoms with Crippen LogP contribution in [0.3, 0.4) is 0 Å². The third-order valence-corrected chi connectivity index (χ3v) is 4.21. The van der Waals surface area contributed by atoms with Crippen LogP contribution in [-0.4, -0.2) is 10.8 Å². The Balaban J connectivity index is 1.88. The normalized spacial score (nSPS) is 27.1. The zero-order valence-electron chi connectivity index (χ0n) is 10.9. The van der Waals surface area contributed by atoms with Crippen molar-refractivity contribution in [2.45, 2.75) is 39.2 Å². The van der Waals surface area contributed by atoms with Gasteiger partial charge in [0.25, 0.3) is 0 Å². The van der Waals surface area contributed by atoms with Crippen molar-refractivity contribution in [2.24, 2.45) is 5.41 Å². The van der Waals surface area contributed by atoms with Gasteiger partial charge in [-0.3, -0.25) is 4.79 Å². The van der Waals surface area contributed by atoms with Crippen LogP contribution < -0.4 is 0 Å². The standard InChI is InChI=1S/C16H19NO/c1-16-10-6-5-9-14(16)17(15(18)11-16)12-13-7-3-2-4-8-13/h2-4,7-9H,5-6,10-12H2,1H3. The van der Waals surface area contributed by atoms with E-state index in [0.29, 0.717) is 6.42 Å². The molecule has 1 aromatic rings. The summed E-state index contributed by atoms with van der Waals surface area (Å²) in [5, 5.41) is 0. The summed E-state index contributed by atoms with van der Waals surface area (Å²) < 4.78 is 0. The second kappa shape index (κ2) is 4.27. The van der Waals surface area contributed by atoms with Crippen LogP contribution in [0, 0.1) is 5.41 Å². The predicted molar refractivity (Wildman–Crippen MR) is 71.7 cm³/mol. The number of carbonyl (C=O) groups is 1. The minimum absolute atomic E-state index is 0.101. The van der Waals surface area contributed by atoms with Gasteiger partial charge in [-0.25, -0.2) is 0 Å². The summed E-state index contributed by atoms with van der Waals surface area (Å²) in [6, 6.07) is 10.3. The molecule has 0 aromatic heterocycles. The summed E-state index contributed by atoms with van der Waals surface area (Å²) in [5.74, 6) is 0.287. The Kier molecular flexibility index (Phi) is 2.73. The van der Waals surface area contributed by atoms with Crippen LogP contribution >= 0.6 is 0 Å². The van der Waals surface area contributed by atoms with Crippen molar-refractivity contribution in [1.82, 2.24) is 4.90 Å². The molecule has 1 unspecified atom stereocenters. The predicted octanol–water partition coefficient (Wildman–Crippen LogP) is 3.49. The van der Waals surface area contributed by atoms with Crippen molar-refractivity contribution in [3.05, 3.63) is 47.7 Å². The van der Waals surface area contributed by atoms with E-state index in [9.17, 15) is 4.79 Å². The number of carbonyl (C=O) groups excluding carboxylic acids is 1. The van der Waals surface area contributed by atoms with E-state index in [1.54, 1.807) is 0 Å². The van der Waals surface area contributed by atoms with E-state index in [1.807, 2.05) is 23.1 Å². The summed E-state index contributed by atoms with van der Waals surface area (Å²) in [4.78, 5) is 14.2. The molecule has 0 spiro atoms.